The predicted molar refractivity (Wildman–Crippen MR) is 113 cm³/mol. The Kier molecular flexibility index (Phi) is 6.32. The van der Waals surface area contributed by atoms with E-state index >= 15 is 0 Å². The van der Waals surface area contributed by atoms with Crippen molar-refractivity contribution in [2.24, 2.45) is 11.8 Å². The molecule has 0 saturated carbocycles. The molecule has 1 atom stereocenters. The average molecular weight is 393 g/mol. The maximum absolute atomic E-state index is 12.6. The molecule has 0 fully saturated rings. The lowest BCUT2D eigenvalue weighted by Gasteiger charge is -2.14. The highest BCUT2D eigenvalue weighted by atomic mass is 16.4. The number of carboxylic acid groups (broad SMARTS) is 1. The Hall–Kier alpha value is -3.15. The van der Waals surface area contributed by atoms with Crippen LogP contribution >= 0.6 is 0 Å². The highest BCUT2D eigenvalue weighted by Crippen LogP contribution is 2.18. The Morgan fingerprint density at radius 1 is 1.14 bits per heavy atom. The Morgan fingerprint density at radius 2 is 1.86 bits per heavy atom. The molecule has 0 spiro atoms. The molecule has 6 nitrogen and oxygen atoms in total. The minimum absolute atomic E-state index is 0.0653. The Balaban J connectivity index is 1.67. The van der Waals surface area contributed by atoms with Gasteiger partial charge < -0.3 is 10.4 Å². The number of aliphatic carboxylic acids is 1. The summed E-state index contributed by atoms with van der Waals surface area (Å²) >= 11 is 0. The van der Waals surface area contributed by atoms with Gasteiger partial charge in [-0.15, -0.1) is 0 Å². The lowest BCUT2D eigenvalue weighted by molar-refractivity contribution is -0.141. The molecule has 1 unspecified atom stereocenters. The summed E-state index contributed by atoms with van der Waals surface area (Å²) in [6, 6.07) is 13.9. The molecule has 0 aliphatic carbocycles. The lowest BCUT2D eigenvalue weighted by Crippen LogP contribution is -2.34. The number of rotatable bonds is 8. The second-order valence-electron chi connectivity index (χ2n) is 7.85. The SMILES string of the molecule is Cc1c(C(=O)NCC(Cc2ccc3ccccc3c2)C(=O)O)cnn1CC(C)C. The number of aromatic nitrogens is 2. The summed E-state index contributed by atoms with van der Waals surface area (Å²) in [5, 5.41) is 18.9. The molecule has 3 aromatic rings. The van der Waals surface area contributed by atoms with Crippen LogP contribution in [0.1, 0.15) is 35.5 Å². The van der Waals surface area contributed by atoms with Crippen molar-refractivity contribution in [3.63, 3.8) is 0 Å². The summed E-state index contributed by atoms with van der Waals surface area (Å²) in [6.07, 6.45) is 1.90. The van der Waals surface area contributed by atoms with Gasteiger partial charge in [-0.05, 0) is 35.6 Å². The fourth-order valence-corrected chi connectivity index (χ4v) is 3.41. The molecule has 2 N–H and O–H groups in total. The third-order valence-corrected chi connectivity index (χ3v) is 5.04. The largest absolute Gasteiger partial charge is 0.481 e. The number of benzene rings is 2. The molecule has 1 heterocycles. The molecule has 6 heteroatoms. The third-order valence-electron chi connectivity index (χ3n) is 5.04. The quantitative estimate of drug-likeness (QED) is 0.611. The van der Waals surface area contributed by atoms with Crippen LogP contribution in [0.15, 0.2) is 48.7 Å². The molecule has 1 aromatic heterocycles. The van der Waals surface area contributed by atoms with E-state index in [1.807, 2.05) is 54.1 Å². The zero-order chi connectivity index (χ0) is 21.0. The number of amides is 1. The molecule has 3 rings (SSSR count). The van der Waals surface area contributed by atoms with Gasteiger partial charge in [0.1, 0.15) is 0 Å². The maximum atomic E-state index is 12.6. The molecule has 1 amide bonds. The van der Waals surface area contributed by atoms with Crippen LogP contribution in [-0.4, -0.2) is 33.3 Å². The van der Waals surface area contributed by atoms with Gasteiger partial charge in [-0.2, -0.15) is 5.10 Å². The topological polar surface area (TPSA) is 84.2 Å². The van der Waals surface area contributed by atoms with Gasteiger partial charge in [-0.25, -0.2) is 0 Å². The van der Waals surface area contributed by atoms with Crippen LogP contribution < -0.4 is 5.32 Å². The number of carbonyl (C=O) groups is 2. The highest BCUT2D eigenvalue weighted by Gasteiger charge is 2.21. The molecule has 2 aromatic carbocycles. The van der Waals surface area contributed by atoms with Crippen LogP contribution in [0.4, 0.5) is 0 Å². The van der Waals surface area contributed by atoms with Crippen LogP contribution in [0.2, 0.25) is 0 Å². The number of carbonyl (C=O) groups excluding carboxylic acids is 1. The van der Waals surface area contributed by atoms with Crippen molar-refractivity contribution >= 4 is 22.6 Å². The van der Waals surface area contributed by atoms with Crippen molar-refractivity contribution in [1.82, 2.24) is 15.1 Å². The van der Waals surface area contributed by atoms with Gasteiger partial charge in [-0.3, -0.25) is 14.3 Å². The molecule has 0 aliphatic heterocycles. The molecule has 29 heavy (non-hydrogen) atoms. The fraction of sp³-hybridized carbons (Fsp3) is 0.348. The summed E-state index contributed by atoms with van der Waals surface area (Å²) < 4.78 is 1.81. The second-order valence-corrected chi connectivity index (χ2v) is 7.85. The van der Waals surface area contributed by atoms with Gasteiger partial charge >= 0.3 is 5.97 Å². The van der Waals surface area contributed by atoms with Crippen LogP contribution in [-0.2, 0) is 17.8 Å². The minimum atomic E-state index is -0.925. The molecule has 0 saturated heterocycles. The van der Waals surface area contributed by atoms with E-state index in [4.69, 9.17) is 0 Å². The van der Waals surface area contributed by atoms with Crippen LogP contribution in [0.3, 0.4) is 0 Å². The first-order chi connectivity index (χ1) is 13.8. The molecular weight excluding hydrogens is 366 g/mol. The van der Waals surface area contributed by atoms with Crippen LogP contribution in [0.25, 0.3) is 10.8 Å². The van der Waals surface area contributed by atoms with Crippen LogP contribution in [0.5, 0.6) is 0 Å². The molecule has 152 valence electrons. The highest BCUT2D eigenvalue weighted by molar-refractivity contribution is 5.95. The zero-order valence-corrected chi connectivity index (χ0v) is 17.1. The maximum Gasteiger partial charge on any atom is 0.308 e. The second kappa shape index (κ2) is 8.90. The van der Waals surface area contributed by atoms with E-state index in [1.54, 1.807) is 6.20 Å². The van der Waals surface area contributed by atoms with E-state index in [1.165, 1.54) is 0 Å². The monoisotopic (exact) mass is 393 g/mol. The molecule has 0 aliphatic rings. The van der Waals surface area contributed by atoms with Crippen molar-refractivity contribution in [3.05, 3.63) is 65.5 Å². The van der Waals surface area contributed by atoms with E-state index in [-0.39, 0.29) is 12.5 Å². The first-order valence-electron chi connectivity index (χ1n) is 9.86. The van der Waals surface area contributed by atoms with Gasteiger partial charge in [0, 0.05) is 18.8 Å². The lowest BCUT2D eigenvalue weighted by atomic mass is 9.97. The number of fused-ring (bicyclic) bond motifs is 1. The van der Waals surface area contributed by atoms with E-state index in [9.17, 15) is 14.7 Å². The Labute approximate surface area is 170 Å². The average Bonchev–Trinajstić information content (AvgIpc) is 3.04. The third kappa shape index (κ3) is 5.02. The van der Waals surface area contributed by atoms with E-state index in [0.29, 0.717) is 17.9 Å². The van der Waals surface area contributed by atoms with E-state index in [2.05, 4.69) is 24.3 Å². The van der Waals surface area contributed by atoms with Crippen molar-refractivity contribution in [1.29, 1.82) is 0 Å². The molecule has 0 radical (unpaired) electrons. The van der Waals surface area contributed by atoms with Crippen molar-refractivity contribution in [2.75, 3.05) is 6.54 Å². The summed E-state index contributed by atoms with van der Waals surface area (Å²) in [5.41, 5.74) is 2.21. The first-order valence-corrected chi connectivity index (χ1v) is 9.86. The molecular formula is C23H27N3O3. The van der Waals surface area contributed by atoms with E-state index < -0.39 is 11.9 Å². The number of carboxylic acids is 1. The Bertz CT molecular complexity index is 1020. The number of nitrogens with one attached hydrogen (secondary N) is 1. The van der Waals surface area contributed by atoms with Crippen molar-refractivity contribution < 1.29 is 14.7 Å². The number of nitrogens with zero attached hydrogens (tertiary/aromatic N) is 2. The fourth-order valence-electron chi connectivity index (χ4n) is 3.41. The minimum Gasteiger partial charge on any atom is -0.481 e. The number of hydrogen-bond donors (Lipinski definition) is 2. The summed E-state index contributed by atoms with van der Waals surface area (Å²) in [7, 11) is 0. The Morgan fingerprint density at radius 3 is 2.55 bits per heavy atom. The summed E-state index contributed by atoms with van der Waals surface area (Å²) in [6.45, 7) is 6.83. The first kappa shape index (κ1) is 20.6. The van der Waals surface area contributed by atoms with Gasteiger partial charge in [0.25, 0.3) is 5.91 Å². The smallest absolute Gasteiger partial charge is 0.308 e. The van der Waals surface area contributed by atoms with E-state index in [0.717, 1.165) is 28.6 Å². The van der Waals surface area contributed by atoms with Crippen LogP contribution in [0, 0.1) is 18.8 Å². The van der Waals surface area contributed by atoms with Gasteiger partial charge in [0.2, 0.25) is 0 Å². The van der Waals surface area contributed by atoms with Crippen molar-refractivity contribution in [2.45, 2.75) is 33.7 Å². The zero-order valence-electron chi connectivity index (χ0n) is 17.1. The van der Waals surface area contributed by atoms with Gasteiger partial charge in [0.05, 0.1) is 17.7 Å². The summed E-state index contributed by atoms with van der Waals surface area (Å²) in [5.74, 6) is -1.50. The van der Waals surface area contributed by atoms with Crippen molar-refractivity contribution in [3.8, 4) is 0 Å². The van der Waals surface area contributed by atoms with Gasteiger partial charge in [-0.1, -0.05) is 56.3 Å². The summed E-state index contributed by atoms with van der Waals surface area (Å²) in [4.78, 5) is 24.3. The molecule has 0 bridgehead atoms. The normalized spacial score (nSPS) is 12.3. The number of hydrogen-bond acceptors (Lipinski definition) is 3. The standard InChI is InChI=1S/C23H27N3O3/c1-15(2)14-26-16(3)21(13-25-26)22(27)24-12-20(23(28)29)11-17-8-9-18-6-4-5-7-19(18)10-17/h4-10,13,15,20H,11-12,14H2,1-3H3,(H,24,27)(H,28,29). The van der Waals surface area contributed by atoms with Gasteiger partial charge in [0.15, 0.2) is 0 Å². The predicted octanol–water partition coefficient (Wildman–Crippen LogP) is 3.67.